The lowest BCUT2D eigenvalue weighted by Gasteiger charge is -2.52. The lowest BCUT2D eigenvalue weighted by molar-refractivity contribution is -0.0898. The molecule has 0 saturated carbocycles. The SMILES string of the molecule is COC1(C2CN(C(=O)OC(C)(C)C)C2)CC(C(C)n2nc(C(F)F)c3c(N)ncnc32)=CC(C#N)=C1C. The summed E-state index contributed by atoms with van der Waals surface area (Å²) in [7, 11) is 1.58. The van der Waals surface area contributed by atoms with Crippen LogP contribution in [0, 0.1) is 17.2 Å². The lowest BCUT2D eigenvalue weighted by atomic mass is 9.68. The van der Waals surface area contributed by atoms with Crippen LogP contribution in [0.1, 0.15) is 59.2 Å². The highest BCUT2D eigenvalue weighted by atomic mass is 19.3. The van der Waals surface area contributed by atoms with Crippen molar-refractivity contribution in [1.82, 2.24) is 24.6 Å². The number of anilines is 1. The van der Waals surface area contributed by atoms with Crippen LogP contribution < -0.4 is 5.73 Å². The first-order valence-corrected chi connectivity index (χ1v) is 11.9. The third kappa shape index (κ3) is 4.52. The van der Waals surface area contributed by atoms with Crippen molar-refractivity contribution >= 4 is 22.9 Å². The van der Waals surface area contributed by atoms with Gasteiger partial charge < -0.3 is 20.1 Å². The normalized spacial score (nSPS) is 21.6. The number of hydrogen-bond donors (Lipinski definition) is 1. The average Bonchev–Trinajstić information content (AvgIpc) is 3.19. The molecule has 2 atom stereocenters. The van der Waals surface area contributed by atoms with E-state index in [1.165, 1.54) is 11.0 Å². The van der Waals surface area contributed by atoms with E-state index in [1.54, 1.807) is 25.0 Å². The maximum Gasteiger partial charge on any atom is 0.410 e. The summed E-state index contributed by atoms with van der Waals surface area (Å²) < 4.78 is 40.6. The van der Waals surface area contributed by atoms with Gasteiger partial charge in [0.15, 0.2) is 5.65 Å². The van der Waals surface area contributed by atoms with Gasteiger partial charge in [-0.1, -0.05) is 0 Å². The summed E-state index contributed by atoms with van der Waals surface area (Å²) in [5.74, 6) is -0.180. The molecule has 1 saturated heterocycles. The van der Waals surface area contributed by atoms with Crippen LogP contribution in [0.3, 0.4) is 0 Å². The first-order chi connectivity index (χ1) is 17.3. The molecule has 37 heavy (non-hydrogen) atoms. The number of amides is 1. The van der Waals surface area contributed by atoms with Crippen LogP contribution in [-0.2, 0) is 9.47 Å². The second-order valence-electron chi connectivity index (χ2n) is 10.5. The summed E-state index contributed by atoms with van der Waals surface area (Å²) in [4.78, 5) is 22.1. The Morgan fingerprint density at radius 2 is 2.00 bits per heavy atom. The number of allylic oxidation sites excluding steroid dienone is 2. The van der Waals surface area contributed by atoms with Gasteiger partial charge in [0.25, 0.3) is 6.43 Å². The molecule has 4 rings (SSSR count). The van der Waals surface area contributed by atoms with Gasteiger partial charge in [-0.15, -0.1) is 0 Å². The molecular formula is C25H31F2N7O3. The largest absolute Gasteiger partial charge is 0.444 e. The molecular weight excluding hydrogens is 484 g/mol. The molecule has 2 aromatic heterocycles. The van der Waals surface area contributed by atoms with Crippen molar-refractivity contribution in [2.75, 3.05) is 25.9 Å². The number of nitrogen functional groups attached to an aromatic ring is 1. The second kappa shape index (κ2) is 9.37. The molecule has 0 spiro atoms. The molecule has 3 heterocycles. The Morgan fingerprint density at radius 1 is 1.32 bits per heavy atom. The number of nitrogens with zero attached hydrogens (tertiary/aromatic N) is 6. The van der Waals surface area contributed by atoms with Gasteiger partial charge in [-0.2, -0.15) is 10.4 Å². The zero-order chi connectivity index (χ0) is 27.3. The smallest absolute Gasteiger partial charge is 0.410 e. The van der Waals surface area contributed by atoms with Gasteiger partial charge in [-0.3, -0.25) is 0 Å². The Bertz CT molecular complexity index is 1330. The van der Waals surface area contributed by atoms with Crippen LogP contribution in [-0.4, -0.2) is 62.1 Å². The lowest BCUT2D eigenvalue weighted by Crippen LogP contribution is -2.62. The number of likely N-dealkylation sites (tertiary alicyclic amines) is 1. The highest BCUT2D eigenvalue weighted by Gasteiger charge is 2.51. The van der Waals surface area contributed by atoms with Gasteiger partial charge in [0, 0.05) is 32.5 Å². The van der Waals surface area contributed by atoms with Gasteiger partial charge in [-0.05, 0) is 51.8 Å². The quantitative estimate of drug-likeness (QED) is 0.622. The van der Waals surface area contributed by atoms with Gasteiger partial charge >= 0.3 is 6.09 Å². The van der Waals surface area contributed by atoms with Crippen molar-refractivity contribution in [2.24, 2.45) is 5.92 Å². The maximum absolute atomic E-state index is 13.8. The number of ether oxygens (including phenoxy) is 2. The molecule has 0 radical (unpaired) electrons. The minimum atomic E-state index is -2.87. The number of methoxy groups -OCH3 is 1. The van der Waals surface area contributed by atoms with Crippen molar-refractivity contribution < 1.29 is 23.0 Å². The van der Waals surface area contributed by atoms with E-state index in [-0.39, 0.29) is 22.8 Å². The van der Waals surface area contributed by atoms with E-state index in [0.717, 1.165) is 11.1 Å². The summed E-state index contributed by atoms with van der Waals surface area (Å²) in [6.45, 7) is 9.86. The van der Waals surface area contributed by atoms with E-state index in [9.17, 15) is 18.8 Å². The highest BCUT2D eigenvalue weighted by Crippen LogP contribution is 2.47. The van der Waals surface area contributed by atoms with Crippen LogP contribution in [0.15, 0.2) is 29.1 Å². The minimum absolute atomic E-state index is 0.0120. The summed E-state index contributed by atoms with van der Waals surface area (Å²) in [5.41, 5.74) is 6.03. The first kappa shape index (κ1) is 26.5. The number of alkyl halides is 2. The fourth-order valence-electron chi connectivity index (χ4n) is 5.09. The van der Waals surface area contributed by atoms with E-state index in [1.807, 2.05) is 27.7 Å². The monoisotopic (exact) mass is 515 g/mol. The maximum atomic E-state index is 13.8. The summed E-state index contributed by atoms with van der Waals surface area (Å²) in [5, 5.41) is 14.1. The number of aromatic nitrogens is 4. The van der Waals surface area contributed by atoms with Gasteiger partial charge in [-0.25, -0.2) is 28.2 Å². The molecule has 2 unspecified atom stereocenters. The second-order valence-corrected chi connectivity index (χ2v) is 10.5. The van der Waals surface area contributed by atoms with Crippen molar-refractivity contribution in [3.63, 3.8) is 0 Å². The number of halogens is 2. The molecule has 1 aliphatic heterocycles. The summed E-state index contributed by atoms with van der Waals surface area (Å²) >= 11 is 0. The van der Waals surface area contributed by atoms with Gasteiger partial charge in [0.1, 0.15) is 23.4 Å². The van der Waals surface area contributed by atoms with Crippen LogP contribution in [0.4, 0.5) is 19.4 Å². The predicted molar refractivity (Wildman–Crippen MR) is 131 cm³/mol. The highest BCUT2D eigenvalue weighted by molar-refractivity contribution is 5.88. The van der Waals surface area contributed by atoms with E-state index in [2.05, 4.69) is 21.1 Å². The van der Waals surface area contributed by atoms with Crippen molar-refractivity contribution in [3.8, 4) is 6.07 Å². The van der Waals surface area contributed by atoms with Crippen LogP contribution >= 0.6 is 0 Å². The molecule has 0 bridgehead atoms. The number of carbonyl (C=O) groups excluding carboxylic acids is 1. The fourth-order valence-corrected chi connectivity index (χ4v) is 5.09. The number of nitrogens with two attached hydrogens (primary N) is 1. The van der Waals surface area contributed by atoms with Crippen LogP contribution in [0.2, 0.25) is 0 Å². The molecule has 1 fully saturated rings. The molecule has 12 heteroatoms. The van der Waals surface area contributed by atoms with Gasteiger partial charge in [0.05, 0.1) is 28.7 Å². The van der Waals surface area contributed by atoms with Crippen molar-refractivity contribution in [1.29, 1.82) is 5.26 Å². The number of fused-ring (bicyclic) bond motifs is 1. The molecule has 198 valence electrons. The average molecular weight is 516 g/mol. The molecule has 0 aromatic carbocycles. The Balaban J connectivity index is 1.68. The van der Waals surface area contributed by atoms with E-state index < -0.39 is 35.5 Å². The molecule has 2 aromatic rings. The van der Waals surface area contributed by atoms with Crippen molar-refractivity contribution in [2.45, 2.75) is 64.7 Å². The topological polar surface area (TPSA) is 132 Å². The minimum Gasteiger partial charge on any atom is -0.444 e. The number of hydrogen-bond acceptors (Lipinski definition) is 8. The zero-order valence-corrected chi connectivity index (χ0v) is 21.7. The fraction of sp³-hybridized carbons (Fsp3) is 0.560. The molecule has 1 amide bonds. The first-order valence-electron chi connectivity index (χ1n) is 11.9. The molecule has 10 nitrogen and oxygen atoms in total. The number of rotatable bonds is 5. The number of carbonyl (C=O) groups is 1. The molecule has 2 aliphatic rings. The Labute approximate surface area is 213 Å². The molecule has 2 N–H and O–H groups in total. The van der Waals surface area contributed by atoms with Gasteiger partial charge in [0.2, 0.25) is 0 Å². The number of nitriles is 1. The van der Waals surface area contributed by atoms with E-state index >= 15 is 0 Å². The Hall–Kier alpha value is -3.59. The van der Waals surface area contributed by atoms with Crippen LogP contribution in [0.25, 0.3) is 11.0 Å². The molecule has 1 aliphatic carbocycles. The standard InChI is InChI=1S/C25H31F2N7O3/c1-13-16(9-28)7-15(8-25(13,36-6)17-10-33(11-17)23(35)37-24(3,4)5)14(2)34-22-18(19(32-34)20(26)27)21(29)30-12-31-22/h7,12,14,17,20H,8,10-11H2,1-6H3,(H2,29,30,31). The van der Waals surface area contributed by atoms with E-state index in [4.69, 9.17) is 15.2 Å². The third-order valence-electron chi connectivity index (χ3n) is 7.17. The Morgan fingerprint density at radius 3 is 2.57 bits per heavy atom. The third-order valence-corrected chi connectivity index (χ3v) is 7.17. The van der Waals surface area contributed by atoms with Crippen LogP contribution in [0.5, 0.6) is 0 Å². The summed E-state index contributed by atoms with van der Waals surface area (Å²) in [6.07, 6.45) is 0.0594. The van der Waals surface area contributed by atoms with E-state index in [0.29, 0.717) is 25.1 Å². The van der Waals surface area contributed by atoms with Crippen molar-refractivity contribution in [3.05, 3.63) is 34.8 Å². The zero-order valence-electron chi connectivity index (χ0n) is 21.7. The summed E-state index contributed by atoms with van der Waals surface area (Å²) in [6, 6.07) is 1.70. The predicted octanol–water partition coefficient (Wildman–Crippen LogP) is 4.33. The Kier molecular flexibility index (Phi) is 6.71.